The molecule has 5 aliphatic rings. The van der Waals surface area contributed by atoms with Crippen molar-refractivity contribution in [2.75, 3.05) is 73.6 Å². The minimum atomic E-state index is -0.394. The van der Waals surface area contributed by atoms with Gasteiger partial charge >= 0.3 is 6.03 Å². The number of imide groups is 1. The molecule has 4 aliphatic heterocycles. The van der Waals surface area contributed by atoms with E-state index in [0.29, 0.717) is 24.8 Å². The highest BCUT2D eigenvalue weighted by atomic mass is 16.2. The fourth-order valence-electron chi connectivity index (χ4n) is 9.46. The molecule has 13 heteroatoms. The number of carbonyl (C=O) groups excluding carboxylic acids is 3. The molecule has 3 N–H and O–H groups in total. The Balaban J connectivity index is 0.749. The Hall–Kier alpha value is -5.82. The summed E-state index contributed by atoms with van der Waals surface area (Å²) in [6.45, 7) is 8.08. The lowest BCUT2D eigenvalue weighted by molar-refractivity contribution is -0.120. The van der Waals surface area contributed by atoms with Gasteiger partial charge in [0.25, 0.3) is 5.91 Å². The van der Waals surface area contributed by atoms with Crippen molar-refractivity contribution >= 4 is 45.7 Å². The summed E-state index contributed by atoms with van der Waals surface area (Å²) in [6.07, 6.45) is 10.2. The van der Waals surface area contributed by atoms with Gasteiger partial charge in [-0.2, -0.15) is 0 Å². The second-order valence-corrected chi connectivity index (χ2v) is 15.8. The maximum Gasteiger partial charge on any atom is 0.328 e. The SMILES string of the molecule is O=C1CCN(c2cncc3c(N4CC(CN5CCN(c6ccc(-c7nccc(-c8cc9c([nH]8)C8(CCCC8)CNC9=O)n7)cc6)CC5)C4)cccc23)C(=O)N1. The number of piperazine rings is 1. The molecular weight excluding hydrogens is 693 g/mol. The van der Waals surface area contributed by atoms with Gasteiger partial charge in [-0.1, -0.05) is 25.0 Å². The molecule has 5 aromatic rings. The molecule has 0 bridgehead atoms. The van der Waals surface area contributed by atoms with E-state index in [1.807, 2.05) is 30.5 Å². The molecule has 4 fully saturated rings. The first-order valence-electron chi connectivity index (χ1n) is 19.6. The van der Waals surface area contributed by atoms with Gasteiger partial charge in [-0.25, -0.2) is 14.8 Å². The van der Waals surface area contributed by atoms with Gasteiger partial charge < -0.3 is 20.1 Å². The zero-order valence-electron chi connectivity index (χ0n) is 30.8. The number of fused-ring (bicyclic) bond motifs is 3. The van der Waals surface area contributed by atoms with Gasteiger partial charge in [-0.15, -0.1) is 0 Å². The summed E-state index contributed by atoms with van der Waals surface area (Å²) in [7, 11) is 0. The standard InChI is InChI=1S/C42H44N10O3/c53-37-11-15-52(41(55)48-37)36-22-43-21-32-30(36)4-3-5-35(32)51-24-27(25-51)23-49-16-18-50(19-17-49)29-8-6-28(7-9-29)39-44-14-10-33(47-39)34-20-31-38(46-34)42(12-1-2-13-42)26-45-40(31)54/h3-10,14,20-22,27,46H,1-2,11-13,15-19,23-26H2,(H,45,54)(H,48,53,55). The van der Waals surface area contributed by atoms with Crippen molar-refractivity contribution in [1.82, 2.24) is 35.5 Å². The van der Waals surface area contributed by atoms with Gasteiger partial charge in [0.1, 0.15) is 0 Å². The highest BCUT2D eigenvalue weighted by Crippen LogP contribution is 2.44. The molecule has 0 unspecified atom stereocenters. The van der Waals surface area contributed by atoms with Gasteiger partial charge in [0.15, 0.2) is 5.82 Å². The number of carbonyl (C=O) groups is 3. The van der Waals surface area contributed by atoms with Crippen LogP contribution in [0.3, 0.4) is 0 Å². The molecule has 1 aliphatic carbocycles. The predicted molar refractivity (Wildman–Crippen MR) is 211 cm³/mol. The Kier molecular flexibility index (Phi) is 8.27. The molecule has 0 radical (unpaired) electrons. The van der Waals surface area contributed by atoms with Crippen molar-refractivity contribution in [1.29, 1.82) is 0 Å². The number of aromatic nitrogens is 4. The molecule has 1 spiro atoms. The number of benzene rings is 2. The second kappa shape index (κ2) is 13.5. The van der Waals surface area contributed by atoms with Crippen LogP contribution in [0.25, 0.3) is 33.5 Å². The molecule has 4 amide bonds. The average molecular weight is 737 g/mol. The smallest absolute Gasteiger partial charge is 0.328 e. The lowest BCUT2D eigenvalue weighted by Crippen LogP contribution is -2.55. The monoisotopic (exact) mass is 736 g/mol. The number of aromatic amines is 1. The zero-order chi connectivity index (χ0) is 37.1. The molecule has 13 nitrogen and oxygen atoms in total. The highest BCUT2D eigenvalue weighted by Gasteiger charge is 2.43. The Morgan fingerprint density at radius 3 is 2.45 bits per heavy atom. The molecule has 3 saturated heterocycles. The molecule has 55 heavy (non-hydrogen) atoms. The first kappa shape index (κ1) is 33.7. The van der Waals surface area contributed by atoms with Crippen molar-refractivity contribution in [2.45, 2.75) is 37.5 Å². The number of rotatable bonds is 7. The first-order chi connectivity index (χ1) is 26.9. The lowest BCUT2D eigenvalue weighted by atomic mass is 9.78. The maximum absolute atomic E-state index is 12.8. The first-order valence-corrected chi connectivity index (χ1v) is 19.6. The molecular formula is C42H44N10O3. The van der Waals surface area contributed by atoms with Crippen LogP contribution in [0, 0.1) is 5.92 Å². The van der Waals surface area contributed by atoms with Crippen LogP contribution in [-0.4, -0.2) is 102 Å². The third-order valence-corrected chi connectivity index (χ3v) is 12.5. The fraction of sp³-hybridized carbons (Fsp3) is 0.381. The number of pyridine rings is 1. The fourth-order valence-corrected chi connectivity index (χ4v) is 9.46. The predicted octanol–water partition coefficient (Wildman–Crippen LogP) is 4.95. The number of nitrogens with zero attached hydrogens (tertiary/aromatic N) is 7. The third-order valence-electron chi connectivity index (χ3n) is 12.5. The molecule has 0 atom stereocenters. The summed E-state index contributed by atoms with van der Waals surface area (Å²) >= 11 is 0. The molecule has 10 rings (SSSR count). The summed E-state index contributed by atoms with van der Waals surface area (Å²) in [5.74, 6) is 1.01. The summed E-state index contributed by atoms with van der Waals surface area (Å²) < 4.78 is 0. The van der Waals surface area contributed by atoms with Crippen LogP contribution in [0.5, 0.6) is 0 Å². The third kappa shape index (κ3) is 6.06. The van der Waals surface area contributed by atoms with Crippen LogP contribution in [0.1, 0.15) is 48.2 Å². The van der Waals surface area contributed by atoms with Gasteiger partial charge in [0, 0.05) is 122 Å². The minimum absolute atomic E-state index is 0.00586. The number of H-pyrrole nitrogens is 1. The maximum atomic E-state index is 12.8. The number of hydrogen-bond donors (Lipinski definition) is 3. The highest BCUT2D eigenvalue weighted by molar-refractivity contribution is 6.11. The quantitative estimate of drug-likeness (QED) is 0.212. The van der Waals surface area contributed by atoms with Crippen LogP contribution >= 0.6 is 0 Å². The number of urea groups is 1. The minimum Gasteiger partial charge on any atom is -0.370 e. The van der Waals surface area contributed by atoms with E-state index in [-0.39, 0.29) is 23.7 Å². The molecule has 7 heterocycles. The van der Waals surface area contributed by atoms with Crippen molar-refractivity contribution in [3.8, 4) is 22.8 Å². The van der Waals surface area contributed by atoms with Gasteiger partial charge in [0.05, 0.1) is 28.8 Å². The zero-order valence-corrected chi connectivity index (χ0v) is 30.8. The summed E-state index contributed by atoms with van der Waals surface area (Å²) in [4.78, 5) is 63.8. The normalized spacial score (nSPS) is 20.1. The van der Waals surface area contributed by atoms with E-state index < -0.39 is 6.03 Å². The van der Waals surface area contributed by atoms with Crippen LogP contribution < -0.4 is 25.3 Å². The van der Waals surface area contributed by atoms with Crippen LogP contribution in [-0.2, 0) is 10.2 Å². The molecule has 2 aromatic carbocycles. The topological polar surface area (TPSA) is 143 Å². The van der Waals surface area contributed by atoms with Crippen molar-refractivity contribution < 1.29 is 14.4 Å². The van der Waals surface area contributed by atoms with E-state index in [9.17, 15) is 14.4 Å². The van der Waals surface area contributed by atoms with Crippen LogP contribution in [0.2, 0.25) is 0 Å². The van der Waals surface area contributed by atoms with Crippen molar-refractivity contribution in [2.24, 2.45) is 5.92 Å². The Morgan fingerprint density at radius 1 is 0.836 bits per heavy atom. The van der Waals surface area contributed by atoms with E-state index in [4.69, 9.17) is 4.98 Å². The van der Waals surface area contributed by atoms with E-state index in [2.05, 4.69) is 70.6 Å². The van der Waals surface area contributed by atoms with Crippen molar-refractivity contribution in [3.63, 3.8) is 0 Å². The number of amides is 4. The summed E-state index contributed by atoms with van der Waals surface area (Å²) in [6, 6.07) is 18.2. The average Bonchev–Trinajstić information content (AvgIpc) is 3.88. The lowest BCUT2D eigenvalue weighted by Gasteiger charge is -2.45. The largest absolute Gasteiger partial charge is 0.370 e. The Labute approximate surface area is 319 Å². The second-order valence-electron chi connectivity index (χ2n) is 15.8. The molecule has 3 aromatic heterocycles. The Bertz CT molecular complexity index is 2300. The van der Waals surface area contributed by atoms with E-state index in [1.165, 1.54) is 18.5 Å². The molecule has 1 saturated carbocycles. The Morgan fingerprint density at radius 2 is 1.65 bits per heavy atom. The van der Waals surface area contributed by atoms with Gasteiger partial charge in [-0.05, 0) is 55.3 Å². The van der Waals surface area contributed by atoms with Crippen molar-refractivity contribution in [3.05, 3.63) is 84.4 Å². The van der Waals surface area contributed by atoms with Gasteiger partial charge in [-0.3, -0.25) is 29.7 Å². The van der Waals surface area contributed by atoms with Gasteiger partial charge in [0.2, 0.25) is 5.91 Å². The van der Waals surface area contributed by atoms with E-state index >= 15 is 0 Å². The van der Waals surface area contributed by atoms with E-state index in [0.717, 1.165) is 109 Å². The van der Waals surface area contributed by atoms with E-state index in [1.54, 1.807) is 17.3 Å². The molecule has 280 valence electrons. The number of anilines is 3. The summed E-state index contributed by atoms with van der Waals surface area (Å²) in [5, 5.41) is 7.54. The van der Waals surface area contributed by atoms with Crippen LogP contribution in [0.15, 0.2) is 73.2 Å². The number of nitrogens with one attached hydrogen (secondary N) is 3. The number of hydrogen-bond acceptors (Lipinski definition) is 9. The summed E-state index contributed by atoms with van der Waals surface area (Å²) in [5.41, 5.74) is 7.54. The van der Waals surface area contributed by atoms with Crippen LogP contribution in [0.4, 0.5) is 21.9 Å².